The third-order valence-corrected chi connectivity index (χ3v) is 14.1. The normalized spacial score (nSPS) is 28.2. The standard InChI is InChI=1S/C50H77N3O17P2/c1-3-5-7-8-9-10-11-12-13-14-15-16-17-18-23-27-45(56)65-35-40-36-66-71(61,62)70-72(63,64)67-37-43-48(59)47(58)41(31-30-39(54)26-21-6-4-2)42(55)32-29-38(25-22-19-20-24-28-46(57)68-40)49(69-43)53-34-33-44(51)52-50(53)60/h5,7,9-10,12-13,19,22,29-34,38-41,43,47-49,54,58-59H,3-4,6,8,11,14-18,20-21,23-28,35-37H2,1-2H3,(H,61,62)(H,63,64)(H2,51,52,60)/b7-5-,10-9-,13-12-,22-19?,31-30?,32-29?/t38-,39-,40+,41-,43+,47-,48+,49+/m0/s1. The van der Waals surface area contributed by atoms with Crippen LogP contribution in [0.25, 0.3) is 0 Å². The summed E-state index contributed by atoms with van der Waals surface area (Å²) < 4.78 is 58.9. The van der Waals surface area contributed by atoms with E-state index < -0.39 is 107 Å². The molecular weight excluding hydrogens is 977 g/mol. The van der Waals surface area contributed by atoms with Crippen molar-refractivity contribution in [2.75, 3.05) is 25.6 Å². The van der Waals surface area contributed by atoms with Crippen LogP contribution in [-0.4, -0.2) is 103 Å². The van der Waals surface area contributed by atoms with Gasteiger partial charge < -0.3 is 45.1 Å². The van der Waals surface area contributed by atoms with Crippen LogP contribution < -0.4 is 11.4 Å². The topological polar surface area (TPSA) is 303 Å². The Bertz CT molecular complexity index is 2140. The quantitative estimate of drug-likeness (QED) is 0.0280. The number of phosphoric acid groups is 2. The van der Waals surface area contributed by atoms with Gasteiger partial charge in [-0.05, 0) is 76.4 Å². The monoisotopic (exact) mass is 1050 g/mol. The van der Waals surface area contributed by atoms with Crippen LogP contribution in [0.15, 0.2) is 90.0 Å². The smallest absolute Gasteiger partial charge is 0.462 e. The van der Waals surface area contributed by atoms with Crippen molar-refractivity contribution in [3.8, 4) is 0 Å². The van der Waals surface area contributed by atoms with E-state index in [9.17, 15) is 53.4 Å². The van der Waals surface area contributed by atoms with E-state index in [2.05, 4.69) is 52.7 Å². The zero-order valence-corrected chi connectivity index (χ0v) is 43.3. The molecule has 1 aromatic heterocycles. The van der Waals surface area contributed by atoms with Crippen molar-refractivity contribution in [2.45, 2.75) is 166 Å². The number of allylic oxidation sites excluding steroid dienone is 9. The van der Waals surface area contributed by atoms with Crippen molar-refractivity contribution in [1.82, 2.24) is 9.55 Å². The third kappa shape index (κ3) is 25.2. The fraction of sp³-hybridized carbons (Fsp3) is 0.620. The zero-order valence-electron chi connectivity index (χ0n) is 41.6. The maximum Gasteiger partial charge on any atom is 0.481 e. The second-order valence-corrected chi connectivity index (χ2v) is 20.6. The Kier molecular flexibility index (Phi) is 29.6. The number of unbranched alkanes of at least 4 members (excludes halogenated alkanes) is 7. The number of cyclic esters (lactones) is 1. The van der Waals surface area contributed by atoms with Crippen molar-refractivity contribution in [3.05, 3.63) is 95.7 Å². The zero-order chi connectivity index (χ0) is 52.8. The summed E-state index contributed by atoms with van der Waals surface area (Å²) >= 11 is 0. The molecule has 0 aromatic carbocycles. The Morgan fingerprint density at radius 3 is 2.33 bits per heavy atom. The summed E-state index contributed by atoms with van der Waals surface area (Å²) in [5, 5.41) is 33.8. The lowest BCUT2D eigenvalue weighted by Gasteiger charge is -2.36. The number of nitrogens with zero attached hydrogens (tertiary/aromatic N) is 2. The number of phosphoric ester groups is 2. The van der Waals surface area contributed by atoms with E-state index in [4.69, 9.17) is 29.0 Å². The maximum absolute atomic E-state index is 13.8. The number of nitrogens with two attached hydrogens (primary N) is 1. The first-order chi connectivity index (χ1) is 34.4. The van der Waals surface area contributed by atoms with E-state index in [0.717, 1.165) is 74.9 Å². The van der Waals surface area contributed by atoms with Gasteiger partial charge in [0.05, 0.1) is 31.3 Å². The molecule has 1 aromatic rings. The van der Waals surface area contributed by atoms with E-state index >= 15 is 0 Å². The molecule has 0 aliphatic carbocycles. The minimum absolute atomic E-state index is 0.0480. The second-order valence-electron chi connectivity index (χ2n) is 17.6. The van der Waals surface area contributed by atoms with Gasteiger partial charge in [0.1, 0.15) is 30.9 Å². The first-order valence-corrected chi connectivity index (χ1v) is 28.0. The van der Waals surface area contributed by atoms with Crippen LogP contribution in [0.2, 0.25) is 0 Å². The number of fused-ring (bicyclic) bond motifs is 3. The van der Waals surface area contributed by atoms with Crippen LogP contribution in [-0.2, 0) is 51.1 Å². The molecule has 7 N–H and O–H groups in total. The highest BCUT2D eigenvalue weighted by Crippen LogP contribution is 2.60. The summed E-state index contributed by atoms with van der Waals surface area (Å²) in [5.74, 6) is -4.69. The van der Waals surface area contributed by atoms with Crippen molar-refractivity contribution >= 4 is 39.2 Å². The lowest BCUT2D eigenvalue weighted by Crippen LogP contribution is -2.49. The van der Waals surface area contributed by atoms with Crippen LogP contribution in [0.3, 0.4) is 0 Å². The molecule has 72 heavy (non-hydrogen) atoms. The first kappa shape index (κ1) is 62.1. The van der Waals surface area contributed by atoms with Crippen LogP contribution in [0, 0.1) is 11.8 Å². The Labute approximate surface area is 422 Å². The molecule has 0 spiro atoms. The minimum Gasteiger partial charge on any atom is -0.462 e. The van der Waals surface area contributed by atoms with Crippen LogP contribution in [0.5, 0.6) is 0 Å². The maximum atomic E-state index is 13.8. The Morgan fingerprint density at radius 2 is 1.61 bits per heavy atom. The molecule has 0 amide bonds. The number of carbonyl (C=O) groups is 3. The summed E-state index contributed by atoms with van der Waals surface area (Å²) in [5.41, 5.74) is 4.83. The molecule has 0 fully saturated rings. The van der Waals surface area contributed by atoms with Crippen molar-refractivity contribution < 1.29 is 76.2 Å². The predicted molar refractivity (Wildman–Crippen MR) is 270 cm³/mol. The van der Waals surface area contributed by atoms with Crippen LogP contribution in [0.4, 0.5) is 5.82 Å². The molecule has 2 bridgehead atoms. The van der Waals surface area contributed by atoms with E-state index in [1.54, 1.807) is 12.2 Å². The summed E-state index contributed by atoms with van der Waals surface area (Å²) in [7, 11) is -11.2. The number of ketones is 1. The van der Waals surface area contributed by atoms with Crippen molar-refractivity contribution in [2.24, 2.45) is 11.8 Å². The van der Waals surface area contributed by atoms with Crippen LogP contribution in [0.1, 0.15) is 136 Å². The number of ether oxygens (including phenoxy) is 3. The van der Waals surface area contributed by atoms with Gasteiger partial charge in [-0.3, -0.25) is 28.0 Å². The molecule has 2 unspecified atom stereocenters. The van der Waals surface area contributed by atoms with E-state index in [-0.39, 0.29) is 31.5 Å². The van der Waals surface area contributed by atoms with Gasteiger partial charge >= 0.3 is 33.3 Å². The van der Waals surface area contributed by atoms with Gasteiger partial charge in [0.25, 0.3) is 0 Å². The molecule has 3 heterocycles. The summed E-state index contributed by atoms with van der Waals surface area (Å²) in [4.78, 5) is 77.7. The third-order valence-electron chi connectivity index (χ3n) is 11.5. The second kappa shape index (κ2) is 34.3. The van der Waals surface area contributed by atoms with Gasteiger partial charge in [0.15, 0.2) is 11.9 Å². The fourth-order valence-electron chi connectivity index (χ4n) is 7.53. The fourth-order valence-corrected chi connectivity index (χ4v) is 9.64. The lowest BCUT2D eigenvalue weighted by molar-refractivity contribution is -0.167. The highest BCUT2D eigenvalue weighted by molar-refractivity contribution is 7.61. The number of aliphatic hydroxyl groups is 3. The number of anilines is 1. The molecule has 2 aliphatic heterocycles. The molecule has 20 nitrogen and oxygen atoms in total. The van der Waals surface area contributed by atoms with Gasteiger partial charge in [-0.25, -0.2) is 13.9 Å². The van der Waals surface area contributed by atoms with Crippen LogP contribution >= 0.6 is 15.6 Å². The van der Waals surface area contributed by atoms with Gasteiger partial charge in [-0.15, -0.1) is 0 Å². The van der Waals surface area contributed by atoms with Gasteiger partial charge in [0, 0.05) is 25.0 Å². The number of nitrogen functional groups attached to an aromatic ring is 1. The highest BCUT2D eigenvalue weighted by Gasteiger charge is 2.42. The summed E-state index contributed by atoms with van der Waals surface area (Å²) in [6.45, 7) is 1.42. The molecular formula is C50H77N3O17P2. The Balaban J connectivity index is 1.77. The SMILES string of the molecule is CC/C=C\C/C=C\C/C=C\CCCCCCCC(=O)OC[C@@H]1COP(=O)(O)OP(=O)(O)OC[C@H]2O[C@@H](n3ccc(N)nc3=O)[C@H](C=CC(=O)[C@H](C=C[C@@H](O)CCCCC)[C@H](O)[C@@H]2O)CC=CCCCC(=O)O1. The minimum atomic E-state index is -5.68. The molecule has 22 heteroatoms. The lowest BCUT2D eigenvalue weighted by atomic mass is 9.88. The summed E-state index contributed by atoms with van der Waals surface area (Å²) in [6.07, 6.45) is 24.1. The van der Waals surface area contributed by atoms with Crippen molar-refractivity contribution in [3.63, 3.8) is 0 Å². The molecule has 2 aliphatic rings. The van der Waals surface area contributed by atoms with Gasteiger partial charge in [-0.1, -0.05) is 119 Å². The largest absolute Gasteiger partial charge is 0.481 e. The number of rotatable bonds is 22. The number of carbonyl (C=O) groups excluding carboxylic acids is 3. The average molecular weight is 1050 g/mol. The molecule has 0 saturated carbocycles. The number of esters is 2. The number of aliphatic hydroxyl groups excluding tert-OH is 3. The van der Waals surface area contributed by atoms with Crippen molar-refractivity contribution in [1.29, 1.82) is 0 Å². The first-order valence-electron chi connectivity index (χ1n) is 25.0. The summed E-state index contributed by atoms with van der Waals surface area (Å²) in [6, 6.07) is 1.28. The van der Waals surface area contributed by atoms with E-state index in [0.29, 0.717) is 25.7 Å². The van der Waals surface area contributed by atoms with E-state index in [1.807, 2.05) is 6.92 Å². The predicted octanol–water partition coefficient (Wildman–Crippen LogP) is 7.73. The number of hydrogen-bond acceptors (Lipinski definition) is 17. The number of aromatic nitrogens is 2. The molecule has 0 saturated heterocycles. The highest BCUT2D eigenvalue weighted by atomic mass is 31.3. The molecule has 10 atom stereocenters. The van der Waals surface area contributed by atoms with Gasteiger partial charge in [-0.2, -0.15) is 9.29 Å². The molecule has 404 valence electrons. The van der Waals surface area contributed by atoms with Gasteiger partial charge in [0.2, 0.25) is 0 Å². The number of hydrogen-bond donors (Lipinski definition) is 6. The Hall–Kier alpha value is -4.17. The Morgan fingerprint density at radius 1 is 0.917 bits per heavy atom. The van der Waals surface area contributed by atoms with E-state index in [1.165, 1.54) is 30.5 Å². The molecule has 3 rings (SSSR count). The average Bonchev–Trinajstić information content (AvgIpc) is 3.32. The molecule has 0 radical (unpaired) electrons.